The summed E-state index contributed by atoms with van der Waals surface area (Å²) in [5.74, 6) is 0.211. The van der Waals surface area contributed by atoms with Crippen LogP contribution in [0.15, 0.2) is 61.2 Å². The van der Waals surface area contributed by atoms with Gasteiger partial charge < -0.3 is 15.5 Å². The summed E-state index contributed by atoms with van der Waals surface area (Å²) >= 11 is 0. The molecule has 1 aromatic heterocycles. The molecule has 4 rings (SSSR count). The summed E-state index contributed by atoms with van der Waals surface area (Å²) in [6.45, 7) is 2.54. The number of anilines is 1. The van der Waals surface area contributed by atoms with Crippen LogP contribution in [0.5, 0.6) is 0 Å². The summed E-state index contributed by atoms with van der Waals surface area (Å²) in [5.41, 5.74) is 3.90. The van der Waals surface area contributed by atoms with E-state index in [0.717, 1.165) is 29.7 Å². The van der Waals surface area contributed by atoms with Crippen molar-refractivity contribution in [2.24, 2.45) is 0 Å². The molecule has 1 aliphatic rings. The Morgan fingerprint density at radius 3 is 2.33 bits per heavy atom. The first-order chi connectivity index (χ1) is 14.7. The first-order valence-electron chi connectivity index (χ1n) is 9.97. The SMILES string of the molecule is O=C(NCc1ccc(Cn2cncn2)cc1)Nc1ccc(CN2CCCC2=O)cc1. The second-order valence-corrected chi connectivity index (χ2v) is 7.33. The van der Waals surface area contributed by atoms with E-state index >= 15 is 0 Å². The van der Waals surface area contributed by atoms with Gasteiger partial charge >= 0.3 is 6.03 Å². The van der Waals surface area contributed by atoms with Gasteiger partial charge in [0.05, 0.1) is 6.54 Å². The molecule has 3 aromatic rings. The number of nitrogens with zero attached hydrogens (tertiary/aromatic N) is 4. The van der Waals surface area contributed by atoms with E-state index in [-0.39, 0.29) is 11.9 Å². The van der Waals surface area contributed by atoms with Gasteiger partial charge in [-0.2, -0.15) is 5.10 Å². The Labute approximate surface area is 174 Å². The van der Waals surface area contributed by atoms with Crippen molar-refractivity contribution in [3.63, 3.8) is 0 Å². The lowest BCUT2D eigenvalue weighted by Gasteiger charge is -2.15. The number of nitrogens with one attached hydrogen (secondary N) is 2. The van der Waals surface area contributed by atoms with E-state index in [4.69, 9.17) is 0 Å². The number of amides is 3. The van der Waals surface area contributed by atoms with Gasteiger partial charge in [-0.3, -0.25) is 4.79 Å². The summed E-state index contributed by atoms with van der Waals surface area (Å²) in [7, 11) is 0. The number of likely N-dealkylation sites (tertiary alicyclic amines) is 1. The second kappa shape index (κ2) is 9.21. The topological polar surface area (TPSA) is 92.2 Å². The smallest absolute Gasteiger partial charge is 0.319 e. The molecule has 0 saturated carbocycles. The normalized spacial score (nSPS) is 13.5. The Hall–Kier alpha value is -3.68. The maximum absolute atomic E-state index is 12.2. The number of rotatable bonds is 7. The summed E-state index contributed by atoms with van der Waals surface area (Å²) in [5, 5.41) is 9.79. The molecule has 3 amide bonds. The van der Waals surface area contributed by atoms with Gasteiger partial charge in [-0.1, -0.05) is 36.4 Å². The maximum atomic E-state index is 12.2. The molecule has 2 aromatic carbocycles. The van der Waals surface area contributed by atoms with Crippen LogP contribution >= 0.6 is 0 Å². The minimum atomic E-state index is -0.260. The van der Waals surface area contributed by atoms with Crippen LogP contribution in [0.3, 0.4) is 0 Å². The Morgan fingerprint density at radius 2 is 1.67 bits per heavy atom. The monoisotopic (exact) mass is 404 g/mol. The molecule has 154 valence electrons. The molecule has 0 spiro atoms. The zero-order valence-corrected chi connectivity index (χ0v) is 16.6. The minimum absolute atomic E-state index is 0.211. The van der Waals surface area contributed by atoms with Crippen LogP contribution in [0.2, 0.25) is 0 Å². The van der Waals surface area contributed by atoms with Crippen molar-refractivity contribution >= 4 is 17.6 Å². The van der Waals surface area contributed by atoms with Gasteiger partial charge in [0.1, 0.15) is 12.7 Å². The highest BCUT2D eigenvalue weighted by Gasteiger charge is 2.19. The fourth-order valence-electron chi connectivity index (χ4n) is 3.41. The standard InChI is InChI=1S/C22H24N6O2/c29-21-2-1-11-27(21)13-18-7-9-20(10-8-18)26-22(30)24-12-17-3-5-19(6-4-17)14-28-16-23-15-25-28/h3-10,15-16H,1-2,11-14H2,(H2,24,26,30). The minimum Gasteiger partial charge on any atom is -0.338 e. The Kier molecular flexibility index (Phi) is 6.03. The van der Waals surface area contributed by atoms with Crippen LogP contribution in [0.4, 0.5) is 10.5 Å². The predicted octanol–water partition coefficient (Wildman–Crippen LogP) is 2.77. The van der Waals surface area contributed by atoms with Crippen molar-refractivity contribution in [1.82, 2.24) is 25.0 Å². The maximum Gasteiger partial charge on any atom is 0.319 e. The molecule has 0 unspecified atom stereocenters. The number of hydrogen-bond acceptors (Lipinski definition) is 4. The van der Waals surface area contributed by atoms with E-state index in [2.05, 4.69) is 20.7 Å². The van der Waals surface area contributed by atoms with Gasteiger partial charge in [-0.25, -0.2) is 14.5 Å². The average molecular weight is 404 g/mol. The molecule has 8 nitrogen and oxygen atoms in total. The van der Waals surface area contributed by atoms with Gasteiger partial charge in [-0.15, -0.1) is 0 Å². The molecular formula is C22H24N6O2. The molecule has 0 bridgehead atoms. The number of carbonyl (C=O) groups excluding carboxylic acids is 2. The molecule has 1 aliphatic heterocycles. The highest BCUT2D eigenvalue weighted by atomic mass is 16.2. The molecule has 8 heteroatoms. The molecular weight excluding hydrogens is 380 g/mol. The number of aromatic nitrogens is 3. The Bertz CT molecular complexity index is 983. The lowest BCUT2D eigenvalue weighted by atomic mass is 10.1. The van der Waals surface area contributed by atoms with E-state index in [0.29, 0.717) is 31.7 Å². The molecule has 0 radical (unpaired) electrons. The van der Waals surface area contributed by atoms with Crippen molar-refractivity contribution in [2.75, 3.05) is 11.9 Å². The van der Waals surface area contributed by atoms with Crippen LogP contribution < -0.4 is 10.6 Å². The van der Waals surface area contributed by atoms with E-state index in [1.807, 2.05) is 53.4 Å². The number of hydrogen-bond donors (Lipinski definition) is 2. The molecule has 1 saturated heterocycles. The Morgan fingerprint density at radius 1 is 0.967 bits per heavy atom. The van der Waals surface area contributed by atoms with E-state index in [1.165, 1.54) is 6.33 Å². The number of urea groups is 1. The second-order valence-electron chi connectivity index (χ2n) is 7.33. The van der Waals surface area contributed by atoms with Crippen molar-refractivity contribution in [1.29, 1.82) is 0 Å². The third-order valence-corrected chi connectivity index (χ3v) is 5.04. The third-order valence-electron chi connectivity index (χ3n) is 5.04. The summed E-state index contributed by atoms with van der Waals surface area (Å²) in [4.78, 5) is 29.7. The van der Waals surface area contributed by atoms with E-state index < -0.39 is 0 Å². The molecule has 1 fully saturated rings. The summed E-state index contributed by atoms with van der Waals surface area (Å²) in [6, 6.07) is 15.3. The highest BCUT2D eigenvalue weighted by Crippen LogP contribution is 2.16. The Balaban J connectivity index is 1.23. The largest absolute Gasteiger partial charge is 0.338 e. The fraction of sp³-hybridized carbons (Fsp3) is 0.273. The molecule has 2 heterocycles. The predicted molar refractivity (Wildman–Crippen MR) is 113 cm³/mol. The van der Waals surface area contributed by atoms with Gasteiger partial charge in [0.2, 0.25) is 5.91 Å². The lowest BCUT2D eigenvalue weighted by molar-refractivity contribution is -0.128. The van der Waals surface area contributed by atoms with Crippen molar-refractivity contribution in [3.05, 3.63) is 77.9 Å². The van der Waals surface area contributed by atoms with Crippen LogP contribution in [-0.2, 0) is 24.4 Å². The molecule has 0 aliphatic carbocycles. The molecule has 2 N–H and O–H groups in total. The van der Waals surface area contributed by atoms with Crippen LogP contribution in [0, 0.1) is 0 Å². The van der Waals surface area contributed by atoms with E-state index in [9.17, 15) is 9.59 Å². The van der Waals surface area contributed by atoms with Crippen LogP contribution in [-0.4, -0.2) is 38.1 Å². The zero-order valence-electron chi connectivity index (χ0n) is 16.6. The van der Waals surface area contributed by atoms with E-state index in [1.54, 1.807) is 11.0 Å². The third kappa shape index (κ3) is 5.22. The summed E-state index contributed by atoms with van der Waals surface area (Å²) in [6.07, 6.45) is 4.77. The quantitative estimate of drug-likeness (QED) is 0.633. The van der Waals surface area contributed by atoms with Crippen LogP contribution in [0.1, 0.15) is 29.5 Å². The van der Waals surface area contributed by atoms with Gasteiger partial charge in [-0.05, 0) is 35.2 Å². The fourth-order valence-corrected chi connectivity index (χ4v) is 3.41. The zero-order chi connectivity index (χ0) is 20.8. The summed E-state index contributed by atoms with van der Waals surface area (Å²) < 4.78 is 1.76. The number of benzene rings is 2. The van der Waals surface area contributed by atoms with Gasteiger partial charge in [0.15, 0.2) is 0 Å². The van der Waals surface area contributed by atoms with Crippen LogP contribution in [0.25, 0.3) is 0 Å². The van der Waals surface area contributed by atoms with Crippen molar-refractivity contribution in [3.8, 4) is 0 Å². The van der Waals surface area contributed by atoms with Gasteiger partial charge in [0.25, 0.3) is 0 Å². The first-order valence-corrected chi connectivity index (χ1v) is 9.97. The lowest BCUT2D eigenvalue weighted by Crippen LogP contribution is -2.28. The van der Waals surface area contributed by atoms with Crippen molar-refractivity contribution < 1.29 is 9.59 Å². The average Bonchev–Trinajstić information content (AvgIpc) is 3.41. The molecule has 0 atom stereocenters. The van der Waals surface area contributed by atoms with Gasteiger partial charge in [0, 0.05) is 31.7 Å². The first kappa shape index (κ1) is 19.6. The highest BCUT2D eigenvalue weighted by molar-refractivity contribution is 5.89. The molecule has 30 heavy (non-hydrogen) atoms. The van der Waals surface area contributed by atoms with Crippen molar-refractivity contribution in [2.45, 2.75) is 32.5 Å². The number of carbonyl (C=O) groups is 2.